The highest BCUT2D eigenvalue weighted by Gasteiger charge is 2.19. The van der Waals surface area contributed by atoms with Gasteiger partial charge in [0.25, 0.3) is 0 Å². The largest absolute Gasteiger partial charge is 0.355 e. The fourth-order valence-corrected chi connectivity index (χ4v) is 2.13. The highest BCUT2D eigenvalue weighted by molar-refractivity contribution is 8.00. The molecule has 1 aromatic heterocycles. The van der Waals surface area contributed by atoms with Crippen LogP contribution in [0.5, 0.6) is 0 Å². The molecule has 1 unspecified atom stereocenters. The van der Waals surface area contributed by atoms with Crippen LogP contribution in [-0.4, -0.2) is 58.4 Å². The first kappa shape index (κ1) is 15.9. The molecule has 0 bridgehead atoms. The molecule has 0 spiro atoms. The number of nitrogens with zero attached hydrogens (tertiary/aromatic N) is 4. The van der Waals surface area contributed by atoms with Crippen LogP contribution in [-0.2, 0) is 20.8 Å². The lowest BCUT2D eigenvalue weighted by Gasteiger charge is -2.14. The molecule has 0 aliphatic carbocycles. The second kappa shape index (κ2) is 8.08. The number of hydrogen-bond donors (Lipinski definition) is 1. The van der Waals surface area contributed by atoms with E-state index in [1.54, 1.807) is 25.8 Å². The number of rotatable bonds is 8. The van der Waals surface area contributed by atoms with Gasteiger partial charge in [0.1, 0.15) is 0 Å². The van der Waals surface area contributed by atoms with Gasteiger partial charge in [-0.1, -0.05) is 11.8 Å². The number of nitrogens with one attached hydrogen (secondary N) is 1. The van der Waals surface area contributed by atoms with E-state index in [-0.39, 0.29) is 11.2 Å². The Kier molecular flexibility index (Phi) is 6.74. The summed E-state index contributed by atoms with van der Waals surface area (Å²) in [5.41, 5.74) is 0. The summed E-state index contributed by atoms with van der Waals surface area (Å²) < 4.78 is 11.7. The molecule has 1 atom stereocenters. The zero-order chi connectivity index (χ0) is 14.3. The second-order valence-corrected chi connectivity index (χ2v) is 5.01. The third kappa shape index (κ3) is 4.77. The maximum absolute atomic E-state index is 11.7. The standard InChI is InChI=1S/C10H19N5O3S/c1-5-11-9(16)7(2)19-10-12-13-14-15(10)6-8(17-3)18-4/h7-8H,5-6H2,1-4H3,(H,11,16). The maximum Gasteiger partial charge on any atom is 0.233 e. The molecule has 1 aromatic rings. The van der Waals surface area contributed by atoms with Gasteiger partial charge >= 0.3 is 0 Å². The van der Waals surface area contributed by atoms with Crippen molar-refractivity contribution in [3.05, 3.63) is 0 Å². The van der Waals surface area contributed by atoms with E-state index >= 15 is 0 Å². The van der Waals surface area contributed by atoms with Gasteiger partial charge in [0, 0.05) is 20.8 Å². The highest BCUT2D eigenvalue weighted by atomic mass is 32.2. The summed E-state index contributed by atoms with van der Waals surface area (Å²) >= 11 is 1.29. The van der Waals surface area contributed by atoms with Gasteiger partial charge in [-0.3, -0.25) is 4.79 Å². The monoisotopic (exact) mass is 289 g/mol. The molecule has 0 aromatic carbocycles. The molecule has 0 radical (unpaired) electrons. The lowest BCUT2D eigenvalue weighted by Crippen LogP contribution is -2.31. The number of hydrogen-bond acceptors (Lipinski definition) is 7. The Labute approximate surface area is 116 Å². The summed E-state index contributed by atoms with van der Waals surface area (Å²) in [5, 5.41) is 14.4. The van der Waals surface area contributed by atoms with Crippen LogP contribution in [0.15, 0.2) is 5.16 Å². The first-order chi connectivity index (χ1) is 9.12. The molecule has 0 aliphatic rings. The van der Waals surface area contributed by atoms with E-state index < -0.39 is 6.29 Å². The van der Waals surface area contributed by atoms with Gasteiger partial charge in [-0.2, -0.15) is 0 Å². The van der Waals surface area contributed by atoms with Crippen molar-refractivity contribution in [1.29, 1.82) is 0 Å². The van der Waals surface area contributed by atoms with Crippen LogP contribution in [0, 0.1) is 0 Å². The Morgan fingerprint density at radius 2 is 2.16 bits per heavy atom. The van der Waals surface area contributed by atoms with Crippen LogP contribution in [0.4, 0.5) is 0 Å². The normalized spacial score (nSPS) is 12.7. The van der Waals surface area contributed by atoms with Crippen LogP contribution in [0.2, 0.25) is 0 Å². The van der Waals surface area contributed by atoms with Gasteiger partial charge in [-0.15, -0.1) is 5.10 Å². The van der Waals surface area contributed by atoms with Crippen molar-refractivity contribution in [2.24, 2.45) is 0 Å². The molecule has 0 fully saturated rings. The third-order valence-electron chi connectivity index (χ3n) is 2.35. The first-order valence-corrected chi connectivity index (χ1v) is 6.76. The molecule has 0 aliphatic heterocycles. The van der Waals surface area contributed by atoms with E-state index in [1.165, 1.54) is 11.8 Å². The molecule has 8 nitrogen and oxygen atoms in total. The van der Waals surface area contributed by atoms with E-state index in [0.29, 0.717) is 18.2 Å². The van der Waals surface area contributed by atoms with Crippen molar-refractivity contribution in [3.63, 3.8) is 0 Å². The fraction of sp³-hybridized carbons (Fsp3) is 0.800. The van der Waals surface area contributed by atoms with Crippen molar-refractivity contribution in [3.8, 4) is 0 Å². The number of ether oxygens (including phenoxy) is 2. The summed E-state index contributed by atoms with van der Waals surface area (Å²) in [4.78, 5) is 11.7. The molecule has 1 heterocycles. The molecule has 108 valence electrons. The molecule has 0 saturated carbocycles. The fourth-order valence-electron chi connectivity index (χ4n) is 1.31. The molecule has 19 heavy (non-hydrogen) atoms. The number of aromatic nitrogens is 4. The van der Waals surface area contributed by atoms with Gasteiger partial charge < -0.3 is 14.8 Å². The molecular formula is C10H19N5O3S. The smallest absolute Gasteiger partial charge is 0.233 e. The van der Waals surface area contributed by atoms with E-state index in [1.807, 2.05) is 6.92 Å². The SMILES string of the molecule is CCNC(=O)C(C)Sc1nnnn1CC(OC)OC. The van der Waals surface area contributed by atoms with Crippen LogP contribution in [0.1, 0.15) is 13.8 Å². The first-order valence-electron chi connectivity index (χ1n) is 5.88. The summed E-state index contributed by atoms with van der Waals surface area (Å²) in [6.45, 7) is 4.65. The second-order valence-electron chi connectivity index (χ2n) is 3.70. The lowest BCUT2D eigenvalue weighted by atomic mass is 10.4. The zero-order valence-electron chi connectivity index (χ0n) is 11.5. The number of carbonyl (C=O) groups is 1. The van der Waals surface area contributed by atoms with Crippen LogP contribution in [0.25, 0.3) is 0 Å². The molecule has 1 rings (SSSR count). The van der Waals surface area contributed by atoms with Crippen LogP contribution in [0.3, 0.4) is 0 Å². The summed E-state index contributed by atoms with van der Waals surface area (Å²) in [5.74, 6) is -0.0444. The molecule has 1 N–H and O–H groups in total. The van der Waals surface area contributed by atoms with E-state index in [4.69, 9.17) is 9.47 Å². The maximum atomic E-state index is 11.7. The Hall–Kier alpha value is -1.19. The summed E-state index contributed by atoms with van der Waals surface area (Å²) in [6, 6.07) is 0. The molecule has 0 saturated heterocycles. The van der Waals surface area contributed by atoms with Crippen molar-refractivity contribution in [1.82, 2.24) is 25.5 Å². The number of methoxy groups -OCH3 is 2. The number of thioether (sulfide) groups is 1. The van der Waals surface area contributed by atoms with Crippen molar-refractivity contribution < 1.29 is 14.3 Å². The lowest BCUT2D eigenvalue weighted by molar-refractivity contribution is -0.120. The average molecular weight is 289 g/mol. The van der Waals surface area contributed by atoms with Gasteiger partial charge in [0.15, 0.2) is 6.29 Å². The molecule has 1 amide bonds. The quantitative estimate of drug-likeness (QED) is 0.528. The minimum Gasteiger partial charge on any atom is -0.355 e. The number of tetrazole rings is 1. The van der Waals surface area contributed by atoms with Gasteiger partial charge in [-0.05, 0) is 24.3 Å². The Morgan fingerprint density at radius 1 is 1.47 bits per heavy atom. The van der Waals surface area contributed by atoms with Crippen LogP contribution < -0.4 is 5.32 Å². The van der Waals surface area contributed by atoms with Crippen molar-refractivity contribution in [2.75, 3.05) is 20.8 Å². The van der Waals surface area contributed by atoms with Crippen molar-refractivity contribution >= 4 is 17.7 Å². The highest BCUT2D eigenvalue weighted by Crippen LogP contribution is 2.20. The van der Waals surface area contributed by atoms with E-state index in [2.05, 4.69) is 20.8 Å². The zero-order valence-corrected chi connectivity index (χ0v) is 12.3. The minimum absolute atomic E-state index is 0.0444. The van der Waals surface area contributed by atoms with Crippen LogP contribution >= 0.6 is 11.8 Å². The Morgan fingerprint density at radius 3 is 2.74 bits per heavy atom. The predicted molar refractivity (Wildman–Crippen MR) is 69.6 cm³/mol. The van der Waals surface area contributed by atoms with E-state index in [0.717, 1.165) is 0 Å². The minimum atomic E-state index is -0.428. The van der Waals surface area contributed by atoms with Gasteiger partial charge in [-0.25, -0.2) is 4.68 Å². The topological polar surface area (TPSA) is 91.2 Å². The van der Waals surface area contributed by atoms with Crippen molar-refractivity contribution in [2.45, 2.75) is 37.1 Å². The summed E-state index contributed by atoms with van der Waals surface area (Å²) in [7, 11) is 3.09. The van der Waals surface area contributed by atoms with E-state index in [9.17, 15) is 4.79 Å². The Bertz CT molecular complexity index is 396. The summed E-state index contributed by atoms with van der Waals surface area (Å²) in [6.07, 6.45) is -0.428. The molecule has 9 heteroatoms. The third-order valence-corrected chi connectivity index (χ3v) is 3.42. The van der Waals surface area contributed by atoms with Gasteiger partial charge in [0.2, 0.25) is 11.1 Å². The molecular weight excluding hydrogens is 270 g/mol. The van der Waals surface area contributed by atoms with Gasteiger partial charge in [0.05, 0.1) is 11.8 Å². The predicted octanol–water partition coefficient (Wildman–Crippen LogP) is -0.0913. The number of carbonyl (C=O) groups excluding carboxylic acids is 1. The number of amides is 1. The average Bonchev–Trinajstić information content (AvgIpc) is 2.83. The Balaban J connectivity index is 2.64.